The lowest BCUT2D eigenvalue weighted by molar-refractivity contribution is -0.132. The highest BCUT2D eigenvalue weighted by atomic mass is 16.2. The maximum Gasteiger partial charge on any atom is 0.223 e. The Kier molecular flexibility index (Phi) is 6.08. The molecule has 3 rings (SSSR count). The van der Waals surface area contributed by atoms with Gasteiger partial charge in [-0.3, -0.25) is 4.79 Å². The van der Waals surface area contributed by atoms with Gasteiger partial charge in [-0.25, -0.2) is 4.98 Å². The van der Waals surface area contributed by atoms with Gasteiger partial charge in [0, 0.05) is 32.0 Å². The summed E-state index contributed by atoms with van der Waals surface area (Å²) in [4.78, 5) is 24.9. The first-order chi connectivity index (χ1) is 12.2. The number of carbonyl (C=O) groups is 1. The molecule has 0 saturated carbocycles. The summed E-state index contributed by atoms with van der Waals surface area (Å²) in [5.74, 6) is 1.81. The Morgan fingerprint density at radius 3 is 2.76 bits per heavy atom. The Hall–Kier alpha value is -1.88. The molecule has 1 amide bonds. The second-order valence-corrected chi connectivity index (χ2v) is 7.20. The van der Waals surface area contributed by atoms with Gasteiger partial charge in [0.1, 0.15) is 5.82 Å². The molecule has 5 heteroatoms. The third kappa shape index (κ3) is 4.60. The number of fused-ring (bicyclic) bond motifs is 1. The van der Waals surface area contributed by atoms with E-state index in [0.29, 0.717) is 18.2 Å². The molecule has 5 nitrogen and oxygen atoms in total. The van der Waals surface area contributed by atoms with Gasteiger partial charge in [-0.1, -0.05) is 25.5 Å². The van der Waals surface area contributed by atoms with Gasteiger partial charge in [0.15, 0.2) is 0 Å². The van der Waals surface area contributed by atoms with Crippen molar-refractivity contribution >= 4 is 16.9 Å². The molecule has 1 aromatic carbocycles. The van der Waals surface area contributed by atoms with Crippen LogP contribution in [0.4, 0.5) is 0 Å². The number of unbranched alkanes of at least 4 members (excludes halogenated alkanes) is 1. The number of imidazole rings is 1. The number of rotatable bonds is 7. The van der Waals surface area contributed by atoms with Crippen LogP contribution < -0.4 is 0 Å². The van der Waals surface area contributed by atoms with Crippen molar-refractivity contribution in [2.45, 2.75) is 44.9 Å². The monoisotopic (exact) mass is 342 g/mol. The van der Waals surface area contributed by atoms with Gasteiger partial charge in [-0.2, -0.15) is 0 Å². The minimum absolute atomic E-state index is 0.298. The number of nitrogens with zero attached hydrogens (tertiary/aromatic N) is 3. The van der Waals surface area contributed by atoms with Gasteiger partial charge in [-0.15, -0.1) is 0 Å². The highest BCUT2D eigenvalue weighted by molar-refractivity contribution is 5.76. The first-order valence-electron chi connectivity index (χ1n) is 9.58. The van der Waals surface area contributed by atoms with Crippen LogP contribution in [0.2, 0.25) is 0 Å². The van der Waals surface area contributed by atoms with Crippen molar-refractivity contribution in [3.8, 4) is 0 Å². The number of aromatic amines is 1. The number of likely N-dealkylation sites (tertiary alicyclic amines) is 1. The fraction of sp³-hybridized carbons (Fsp3) is 0.600. The lowest BCUT2D eigenvalue weighted by Crippen LogP contribution is -2.39. The fourth-order valence-electron chi connectivity index (χ4n) is 3.55. The van der Waals surface area contributed by atoms with E-state index in [9.17, 15) is 4.79 Å². The average Bonchev–Trinajstić information content (AvgIpc) is 3.08. The first kappa shape index (κ1) is 17.9. The number of para-hydroxylation sites is 2. The first-order valence-corrected chi connectivity index (χ1v) is 9.58. The van der Waals surface area contributed by atoms with Crippen LogP contribution >= 0.6 is 0 Å². The van der Waals surface area contributed by atoms with Crippen molar-refractivity contribution in [3.63, 3.8) is 0 Å². The van der Waals surface area contributed by atoms with Crippen LogP contribution in [0, 0.1) is 0 Å². The van der Waals surface area contributed by atoms with E-state index in [1.165, 1.54) is 12.8 Å². The Labute approximate surface area is 150 Å². The number of hydrogen-bond donors (Lipinski definition) is 1. The maximum absolute atomic E-state index is 12.4. The predicted octanol–water partition coefficient (Wildman–Crippen LogP) is 3.39. The topological polar surface area (TPSA) is 52.2 Å². The molecule has 1 aliphatic rings. The van der Waals surface area contributed by atoms with E-state index >= 15 is 0 Å². The molecular formula is C20H30N4O. The fourth-order valence-corrected chi connectivity index (χ4v) is 3.55. The summed E-state index contributed by atoms with van der Waals surface area (Å²) in [6.45, 7) is 5.84. The molecule has 0 spiro atoms. The molecule has 0 unspecified atom stereocenters. The molecule has 0 atom stereocenters. The third-order valence-electron chi connectivity index (χ3n) is 5.24. The Bertz CT molecular complexity index is 655. The second kappa shape index (κ2) is 8.48. The predicted molar refractivity (Wildman–Crippen MR) is 102 cm³/mol. The molecule has 2 aromatic rings. The third-order valence-corrected chi connectivity index (χ3v) is 5.24. The molecule has 0 aliphatic carbocycles. The zero-order valence-electron chi connectivity index (χ0n) is 15.5. The van der Waals surface area contributed by atoms with Crippen molar-refractivity contribution in [3.05, 3.63) is 30.1 Å². The highest BCUT2D eigenvalue weighted by Gasteiger charge is 2.25. The number of piperidine rings is 1. The van der Waals surface area contributed by atoms with Gasteiger partial charge in [0.05, 0.1) is 11.0 Å². The van der Waals surface area contributed by atoms with Gasteiger partial charge in [0.2, 0.25) is 5.91 Å². The summed E-state index contributed by atoms with van der Waals surface area (Å²) in [5, 5.41) is 0. The summed E-state index contributed by atoms with van der Waals surface area (Å²) in [7, 11) is 2.11. The summed E-state index contributed by atoms with van der Waals surface area (Å²) in [6, 6.07) is 8.16. The van der Waals surface area contributed by atoms with Gasteiger partial charge >= 0.3 is 0 Å². The SMILES string of the molecule is CCCCN(C)CCC(=O)N1CCC(c2nc3ccccc3[nH]2)CC1. The minimum Gasteiger partial charge on any atom is -0.343 e. The summed E-state index contributed by atoms with van der Waals surface area (Å²) >= 11 is 0. The van der Waals surface area contributed by atoms with Crippen molar-refractivity contribution < 1.29 is 4.79 Å². The summed E-state index contributed by atoms with van der Waals surface area (Å²) in [5.41, 5.74) is 2.14. The standard InChI is InChI=1S/C20H30N4O/c1-3-4-12-23(2)13-11-19(25)24-14-9-16(10-15-24)20-21-17-7-5-6-8-18(17)22-20/h5-8,16H,3-4,9-15H2,1-2H3,(H,21,22). The van der Waals surface area contributed by atoms with Gasteiger partial charge in [-0.05, 0) is 45.0 Å². The average molecular weight is 342 g/mol. The number of H-pyrrole nitrogens is 1. The smallest absolute Gasteiger partial charge is 0.223 e. The van der Waals surface area contributed by atoms with Crippen molar-refractivity contribution in [1.82, 2.24) is 19.8 Å². The van der Waals surface area contributed by atoms with E-state index in [2.05, 4.69) is 29.9 Å². The molecule has 0 radical (unpaired) electrons. The Morgan fingerprint density at radius 2 is 2.04 bits per heavy atom. The van der Waals surface area contributed by atoms with Crippen LogP contribution in [0.15, 0.2) is 24.3 Å². The number of amides is 1. The molecule has 1 aliphatic heterocycles. The lowest BCUT2D eigenvalue weighted by Gasteiger charge is -2.31. The summed E-state index contributed by atoms with van der Waals surface area (Å²) < 4.78 is 0. The van der Waals surface area contributed by atoms with Crippen molar-refractivity contribution in [2.75, 3.05) is 33.2 Å². The van der Waals surface area contributed by atoms with Crippen molar-refractivity contribution in [2.24, 2.45) is 0 Å². The number of nitrogens with one attached hydrogen (secondary N) is 1. The van der Waals surface area contributed by atoms with E-state index in [1.54, 1.807) is 0 Å². The quantitative estimate of drug-likeness (QED) is 0.839. The van der Waals surface area contributed by atoms with E-state index in [-0.39, 0.29) is 0 Å². The van der Waals surface area contributed by atoms with Crippen LogP contribution in [0.25, 0.3) is 11.0 Å². The zero-order valence-corrected chi connectivity index (χ0v) is 15.5. The van der Waals surface area contributed by atoms with Crippen LogP contribution in [-0.4, -0.2) is 58.9 Å². The van der Waals surface area contributed by atoms with E-state index in [1.807, 2.05) is 23.1 Å². The largest absolute Gasteiger partial charge is 0.343 e. The number of benzene rings is 1. The lowest BCUT2D eigenvalue weighted by atomic mass is 9.96. The number of hydrogen-bond acceptors (Lipinski definition) is 3. The normalized spacial score (nSPS) is 16.0. The van der Waals surface area contributed by atoms with E-state index < -0.39 is 0 Å². The highest BCUT2D eigenvalue weighted by Crippen LogP contribution is 2.27. The van der Waals surface area contributed by atoms with Gasteiger partial charge in [0.25, 0.3) is 0 Å². The molecular weight excluding hydrogens is 312 g/mol. The van der Waals surface area contributed by atoms with Crippen LogP contribution in [0.3, 0.4) is 0 Å². The molecule has 1 aromatic heterocycles. The second-order valence-electron chi connectivity index (χ2n) is 7.20. The summed E-state index contributed by atoms with van der Waals surface area (Å²) in [6.07, 6.45) is 5.03. The molecule has 25 heavy (non-hydrogen) atoms. The van der Waals surface area contributed by atoms with E-state index in [4.69, 9.17) is 4.98 Å². The number of aromatic nitrogens is 2. The Morgan fingerprint density at radius 1 is 1.28 bits per heavy atom. The molecule has 0 bridgehead atoms. The van der Waals surface area contributed by atoms with E-state index in [0.717, 1.165) is 55.9 Å². The van der Waals surface area contributed by atoms with Crippen LogP contribution in [0.1, 0.15) is 50.8 Å². The minimum atomic E-state index is 0.298. The molecule has 1 saturated heterocycles. The van der Waals surface area contributed by atoms with Gasteiger partial charge < -0.3 is 14.8 Å². The maximum atomic E-state index is 12.4. The number of carbonyl (C=O) groups excluding carboxylic acids is 1. The molecule has 2 heterocycles. The molecule has 1 fully saturated rings. The van der Waals surface area contributed by atoms with Crippen molar-refractivity contribution in [1.29, 1.82) is 0 Å². The zero-order chi connectivity index (χ0) is 17.6. The van der Waals surface area contributed by atoms with Crippen LogP contribution in [0.5, 0.6) is 0 Å². The molecule has 1 N–H and O–H groups in total. The van der Waals surface area contributed by atoms with Crippen LogP contribution in [-0.2, 0) is 4.79 Å². The Balaban J connectivity index is 1.47. The molecule has 136 valence electrons.